The van der Waals surface area contributed by atoms with Crippen LogP contribution in [0.3, 0.4) is 0 Å². The molecule has 4 atom stereocenters. The Labute approximate surface area is 114 Å². The van der Waals surface area contributed by atoms with Gasteiger partial charge < -0.3 is 29.4 Å². The molecule has 0 aliphatic carbocycles. The first-order valence-corrected chi connectivity index (χ1v) is 6.15. The summed E-state index contributed by atoms with van der Waals surface area (Å²) in [5.74, 6) is 0.417. The number of nitrogens with zero attached hydrogens (tertiary/aromatic N) is 3. The summed E-state index contributed by atoms with van der Waals surface area (Å²) < 4.78 is 12.2. The lowest BCUT2D eigenvalue weighted by atomic mass is 10.1. The number of hydrogen-bond donors (Lipinski definition) is 3. The Hall–Kier alpha value is -1.74. The first-order valence-electron chi connectivity index (χ1n) is 6.15. The highest BCUT2D eigenvalue weighted by molar-refractivity contribution is 5.81. The van der Waals surface area contributed by atoms with Crippen molar-refractivity contribution < 1.29 is 24.8 Å². The molecule has 0 saturated carbocycles. The Balaban J connectivity index is 2.03. The normalized spacial score (nSPS) is 30.0. The van der Waals surface area contributed by atoms with Crippen LogP contribution in [0.4, 0.5) is 0 Å². The van der Waals surface area contributed by atoms with E-state index in [4.69, 9.17) is 14.6 Å². The Morgan fingerprint density at radius 2 is 2.15 bits per heavy atom. The molecule has 0 aromatic carbocycles. The zero-order chi connectivity index (χ0) is 14.3. The second kappa shape index (κ2) is 4.98. The standard InChI is InChI=1S/C12H15N3O5/c1-19-11-6-2-3-15(10(6)13-5-14-11)12-9(18)8(17)7(4-16)20-12/h2-3,5,7-9,12,16-18H,4H2,1H3/t7-,8-,9-,12-/m1/s1. The van der Waals surface area contributed by atoms with Crippen LogP contribution >= 0.6 is 0 Å². The Kier molecular flexibility index (Phi) is 3.30. The summed E-state index contributed by atoms with van der Waals surface area (Å²) >= 11 is 0. The molecule has 1 aliphatic heterocycles. The lowest BCUT2D eigenvalue weighted by Crippen LogP contribution is -2.33. The average molecular weight is 281 g/mol. The van der Waals surface area contributed by atoms with Gasteiger partial charge in [0, 0.05) is 6.20 Å². The van der Waals surface area contributed by atoms with E-state index < -0.39 is 24.5 Å². The fraction of sp³-hybridized carbons (Fsp3) is 0.500. The molecule has 108 valence electrons. The molecule has 1 aliphatic rings. The maximum Gasteiger partial charge on any atom is 0.225 e. The predicted molar refractivity (Wildman–Crippen MR) is 67.1 cm³/mol. The van der Waals surface area contributed by atoms with Crippen LogP contribution in [0.15, 0.2) is 18.6 Å². The van der Waals surface area contributed by atoms with Crippen molar-refractivity contribution in [2.24, 2.45) is 0 Å². The molecular weight excluding hydrogens is 266 g/mol. The average Bonchev–Trinajstić information content (AvgIpc) is 3.01. The van der Waals surface area contributed by atoms with Crippen LogP contribution in [0.1, 0.15) is 6.23 Å². The molecule has 0 bridgehead atoms. The van der Waals surface area contributed by atoms with Gasteiger partial charge in [-0.15, -0.1) is 0 Å². The number of fused-ring (bicyclic) bond motifs is 1. The van der Waals surface area contributed by atoms with Gasteiger partial charge in [-0.3, -0.25) is 0 Å². The van der Waals surface area contributed by atoms with E-state index in [1.807, 2.05) is 0 Å². The minimum Gasteiger partial charge on any atom is -0.480 e. The van der Waals surface area contributed by atoms with E-state index in [1.165, 1.54) is 13.4 Å². The van der Waals surface area contributed by atoms with Crippen LogP contribution < -0.4 is 4.74 Å². The SMILES string of the molecule is COc1ncnc2c1ccn2[C@@H]1O[C@H](CO)[C@@H](O)[C@H]1O. The van der Waals surface area contributed by atoms with E-state index in [0.717, 1.165) is 0 Å². The molecule has 8 nitrogen and oxygen atoms in total. The van der Waals surface area contributed by atoms with E-state index in [0.29, 0.717) is 16.9 Å². The minimum absolute atomic E-state index is 0.369. The van der Waals surface area contributed by atoms with Gasteiger partial charge in [0.05, 0.1) is 19.1 Å². The smallest absolute Gasteiger partial charge is 0.225 e. The number of ether oxygens (including phenoxy) is 2. The van der Waals surface area contributed by atoms with Crippen LogP contribution in [0, 0.1) is 0 Å². The molecule has 8 heteroatoms. The summed E-state index contributed by atoms with van der Waals surface area (Å²) in [5.41, 5.74) is 0.520. The van der Waals surface area contributed by atoms with Gasteiger partial charge in [-0.25, -0.2) is 9.97 Å². The summed E-state index contributed by atoms with van der Waals surface area (Å²) in [5, 5.41) is 29.6. The van der Waals surface area contributed by atoms with Crippen LogP contribution in [0.25, 0.3) is 11.0 Å². The molecule has 3 rings (SSSR count). The molecule has 1 fully saturated rings. The molecule has 0 radical (unpaired) electrons. The lowest BCUT2D eigenvalue weighted by molar-refractivity contribution is -0.0508. The van der Waals surface area contributed by atoms with Gasteiger partial charge in [0.25, 0.3) is 0 Å². The topological polar surface area (TPSA) is 110 Å². The molecule has 3 heterocycles. The molecular formula is C12H15N3O5. The fourth-order valence-electron chi connectivity index (χ4n) is 2.43. The van der Waals surface area contributed by atoms with E-state index in [2.05, 4.69) is 9.97 Å². The number of methoxy groups -OCH3 is 1. The number of aliphatic hydroxyl groups excluding tert-OH is 3. The molecule has 2 aromatic heterocycles. The van der Waals surface area contributed by atoms with Crippen molar-refractivity contribution in [1.82, 2.24) is 14.5 Å². The van der Waals surface area contributed by atoms with Gasteiger partial charge in [-0.1, -0.05) is 0 Å². The van der Waals surface area contributed by atoms with Crippen molar-refractivity contribution in [1.29, 1.82) is 0 Å². The molecule has 3 N–H and O–H groups in total. The Morgan fingerprint density at radius 1 is 1.35 bits per heavy atom. The van der Waals surface area contributed by atoms with Crippen LogP contribution in [-0.4, -0.2) is 61.9 Å². The van der Waals surface area contributed by atoms with Gasteiger partial charge in [0.15, 0.2) is 6.23 Å². The first kappa shape index (κ1) is 13.3. The lowest BCUT2D eigenvalue weighted by Gasteiger charge is -2.17. The van der Waals surface area contributed by atoms with E-state index in [9.17, 15) is 10.2 Å². The maximum atomic E-state index is 10.0. The van der Waals surface area contributed by atoms with Gasteiger partial charge in [-0.05, 0) is 6.07 Å². The highest BCUT2D eigenvalue weighted by Crippen LogP contribution is 2.33. The number of rotatable bonds is 3. The number of hydrogen-bond acceptors (Lipinski definition) is 7. The van der Waals surface area contributed by atoms with Crippen molar-refractivity contribution in [3.8, 4) is 5.88 Å². The Morgan fingerprint density at radius 3 is 2.80 bits per heavy atom. The molecule has 20 heavy (non-hydrogen) atoms. The van der Waals surface area contributed by atoms with Crippen LogP contribution in [-0.2, 0) is 4.74 Å². The van der Waals surface area contributed by atoms with E-state index in [1.54, 1.807) is 16.8 Å². The molecule has 2 aromatic rings. The highest BCUT2D eigenvalue weighted by atomic mass is 16.6. The number of aliphatic hydroxyl groups is 3. The Bertz CT molecular complexity index is 616. The molecule has 0 amide bonds. The van der Waals surface area contributed by atoms with Gasteiger partial charge in [0.2, 0.25) is 5.88 Å². The quantitative estimate of drug-likeness (QED) is 0.665. The minimum atomic E-state index is -1.15. The van der Waals surface area contributed by atoms with Crippen LogP contribution in [0.2, 0.25) is 0 Å². The number of aromatic nitrogens is 3. The van der Waals surface area contributed by atoms with Crippen molar-refractivity contribution >= 4 is 11.0 Å². The van der Waals surface area contributed by atoms with E-state index >= 15 is 0 Å². The third-order valence-electron chi connectivity index (χ3n) is 3.46. The van der Waals surface area contributed by atoms with Gasteiger partial charge >= 0.3 is 0 Å². The molecule has 1 saturated heterocycles. The third-order valence-corrected chi connectivity index (χ3v) is 3.46. The van der Waals surface area contributed by atoms with Crippen molar-refractivity contribution in [3.05, 3.63) is 18.6 Å². The predicted octanol–water partition coefficient (Wildman–Crippen LogP) is -0.949. The summed E-state index contributed by atoms with van der Waals surface area (Å²) in [4.78, 5) is 8.13. The van der Waals surface area contributed by atoms with Crippen molar-refractivity contribution in [2.75, 3.05) is 13.7 Å². The third kappa shape index (κ3) is 1.85. The van der Waals surface area contributed by atoms with Crippen molar-refractivity contribution in [2.45, 2.75) is 24.5 Å². The van der Waals surface area contributed by atoms with Gasteiger partial charge in [-0.2, -0.15) is 0 Å². The van der Waals surface area contributed by atoms with Crippen LogP contribution in [0.5, 0.6) is 5.88 Å². The zero-order valence-corrected chi connectivity index (χ0v) is 10.7. The fourth-order valence-corrected chi connectivity index (χ4v) is 2.43. The molecule has 0 spiro atoms. The summed E-state index contributed by atoms with van der Waals surface area (Å²) in [7, 11) is 1.51. The second-order valence-electron chi connectivity index (χ2n) is 4.57. The first-order chi connectivity index (χ1) is 9.67. The largest absolute Gasteiger partial charge is 0.480 e. The summed E-state index contributed by atoms with van der Waals surface area (Å²) in [6.07, 6.45) is -0.924. The zero-order valence-electron chi connectivity index (χ0n) is 10.7. The maximum absolute atomic E-state index is 10.0. The highest BCUT2D eigenvalue weighted by Gasteiger charge is 2.43. The summed E-state index contributed by atoms with van der Waals surface area (Å²) in [6, 6.07) is 1.74. The van der Waals surface area contributed by atoms with Crippen molar-refractivity contribution in [3.63, 3.8) is 0 Å². The second-order valence-corrected chi connectivity index (χ2v) is 4.57. The monoisotopic (exact) mass is 281 g/mol. The van der Waals surface area contributed by atoms with Gasteiger partial charge in [0.1, 0.15) is 30.3 Å². The van der Waals surface area contributed by atoms with E-state index in [-0.39, 0.29) is 6.61 Å². The summed E-state index contributed by atoms with van der Waals surface area (Å²) in [6.45, 7) is -0.369. The molecule has 0 unspecified atom stereocenters.